The van der Waals surface area contributed by atoms with E-state index in [9.17, 15) is 8.42 Å². The molecule has 2 aromatic rings. The molecular formula is C15H18N4O2S. The molecule has 7 heteroatoms. The summed E-state index contributed by atoms with van der Waals surface area (Å²) in [6, 6.07) is 7.43. The Hall–Kier alpha value is -1.83. The van der Waals surface area contributed by atoms with Gasteiger partial charge in [0.15, 0.2) is 0 Å². The van der Waals surface area contributed by atoms with Crippen molar-refractivity contribution in [3.63, 3.8) is 0 Å². The lowest BCUT2D eigenvalue weighted by Gasteiger charge is -2.16. The van der Waals surface area contributed by atoms with Crippen molar-refractivity contribution < 1.29 is 8.42 Å². The van der Waals surface area contributed by atoms with Gasteiger partial charge in [0.1, 0.15) is 0 Å². The summed E-state index contributed by atoms with van der Waals surface area (Å²) in [5.74, 6) is 0. The molecule has 3 heterocycles. The van der Waals surface area contributed by atoms with Gasteiger partial charge >= 0.3 is 0 Å². The molecule has 0 spiro atoms. The van der Waals surface area contributed by atoms with E-state index in [-0.39, 0.29) is 6.54 Å². The number of pyridine rings is 2. The summed E-state index contributed by atoms with van der Waals surface area (Å²) < 4.78 is 28.6. The lowest BCUT2D eigenvalue weighted by Crippen LogP contribution is -2.38. The molecular weight excluding hydrogens is 300 g/mol. The molecule has 1 fully saturated rings. The van der Waals surface area contributed by atoms with Crippen LogP contribution in [0.4, 0.5) is 0 Å². The van der Waals surface area contributed by atoms with Crippen molar-refractivity contribution in [3.8, 4) is 11.3 Å². The van der Waals surface area contributed by atoms with Crippen molar-refractivity contribution in [1.82, 2.24) is 19.0 Å². The van der Waals surface area contributed by atoms with Gasteiger partial charge in [-0.25, -0.2) is 0 Å². The van der Waals surface area contributed by atoms with Gasteiger partial charge in [-0.05, 0) is 36.6 Å². The second kappa shape index (κ2) is 6.51. The van der Waals surface area contributed by atoms with Crippen LogP contribution in [0.5, 0.6) is 0 Å². The SMILES string of the molecule is O=S(=O)(NCc1cccnc1-c1cccnc1)N1CCCC1. The summed E-state index contributed by atoms with van der Waals surface area (Å²) in [7, 11) is -3.42. The standard InChI is InChI=1S/C15H18N4O2S/c20-22(21,19-9-1-2-10-19)18-12-14-6-4-8-17-15(14)13-5-3-7-16-11-13/h3-8,11,18H,1-2,9-10,12H2. The molecule has 2 aromatic heterocycles. The van der Waals surface area contributed by atoms with Crippen molar-refractivity contribution in [1.29, 1.82) is 0 Å². The van der Waals surface area contributed by atoms with E-state index in [1.807, 2.05) is 18.2 Å². The molecule has 1 aliphatic heterocycles. The lowest BCUT2D eigenvalue weighted by atomic mass is 10.1. The molecule has 0 unspecified atom stereocenters. The second-order valence-electron chi connectivity index (χ2n) is 5.19. The minimum atomic E-state index is -3.42. The fourth-order valence-electron chi connectivity index (χ4n) is 2.53. The number of hydrogen-bond donors (Lipinski definition) is 1. The third-order valence-electron chi connectivity index (χ3n) is 3.68. The molecule has 3 rings (SSSR count). The summed E-state index contributed by atoms with van der Waals surface area (Å²) in [6.07, 6.45) is 6.97. The first-order chi connectivity index (χ1) is 10.7. The zero-order valence-electron chi connectivity index (χ0n) is 12.1. The highest BCUT2D eigenvalue weighted by Gasteiger charge is 2.24. The minimum Gasteiger partial charge on any atom is -0.264 e. The van der Waals surface area contributed by atoms with Crippen molar-refractivity contribution in [2.45, 2.75) is 19.4 Å². The highest BCUT2D eigenvalue weighted by molar-refractivity contribution is 7.87. The van der Waals surface area contributed by atoms with Gasteiger partial charge in [0.25, 0.3) is 10.2 Å². The smallest absolute Gasteiger partial charge is 0.264 e. The molecule has 0 bridgehead atoms. The third-order valence-corrected chi connectivity index (χ3v) is 5.23. The van der Waals surface area contributed by atoms with Crippen LogP contribution >= 0.6 is 0 Å². The van der Waals surface area contributed by atoms with Gasteiger partial charge in [-0.1, -0.05) is 6.07 Å². The molecule has 22 heavy (non-hydrogen) atoms. The van der Waals surface area contributed by atoms with Crippen LogP contribution in [0.3, 0.4) is 0 Å². The molecule has 0 atom stereocenters. The summed E-state index contributed by atoms with van der Waals surface area (Å²) >= 11 is 0. The summed E-state index contributed by atoms with van der Waals surface area (Å²) in [5.41, 5.74) is 2.46. The zero-order valence-corrected chi connectivity index (χ0v) is 13.0. The van der Waals surface area contributed by atoms with Crippen LogP contribution in [0.15, 0.2) is 42.9 Å². The van der Waals surface area contributed by atoms with Crippen molar-refractivity contribution in [2.75, 3.05) is 13.1 Å². The Morgan fingerprint density at radius 1 is 1.14 bits per heavy atom. The van der Waals surface area contributed by atoms with Gasteiger partial charge in [-0.3, -0.25) is 9.97 Å². The van der Waals surface area contributed by atoms with Gasteiger partial charge in [-0.2, -0.15) is 17.4 Å². The Balaban J connectivity index is 1.79. The molecule has 1 saturated heterocycles. The minimum absolute atomic E-state index is 0.219. The maximum absolute atomic E-state index is 12.2. The number of nitrogens with zero attached hydrogens (tertiary/aromatic N) is 3. The van der Waals surface area contributed by atoms with E-state index in [1.165, 1.54) is 4.31 Å². The Bertz CT molecular complexity index is 728. The normalized spacial score (nSPS) is 16.0. The molecule has 1 aliphatic rings. The van der Waals surface area contributed by atoms with Gasteiger partial charge in [0.2, 0.25) is 0 Å². The Morgan fingerprint density at radius 2 is 1.91 bits per heavy atom. The van der Waals surface area contributed by atoms with E-state index in [0.29, 0.717) is 13.1 Å². The highest BCUT2D eigenvalue weighted by Crippen LogP contribution is 2.20. The fourth-order valence-corrected chi connectivity index (χ4v) is 3.79. The molecule has 0 saturated carbocycles. The summed E-state index contributed by atoms with van der Waals surface area (Å²) in [6.45, 7) is 1.41. The largest absolute Gasteiger partial charge is 0.279 e. The number of hydrogen-bond acceptors (Lipinski definition) is 4. The lowest BCUT2D eigenvalue weighted by molar-refractivity contribution is 0.464. The van der Waals surface area contributed by atoms with Gasteiger partial charge in [0.05, 0.1) is 5.69 Å². The average molecular weight is 318 g/mol. The van der Waals surface area contributed by atoms with Crippen LogP contribution in [0.1, 0.15) is 18.4 Å². The number of nitrogens with one attached hydrogen (secondary N) is 1. The predicted molar refractivity (Wildman–Crippen MR) is 84.0 cm³/mol. The number of rotatable bonds is 5. The van der Waals surface area contributed by atoms with Crippen LogP contribution in [0, 0.1) is 0 Å². The molecule has 0 aliphatic carbocycles. The van der Waals surface area contributed by atoms with Crippen molar-refractivity contribution in [3.05, 3.63) is 48.4 Å². The zero-order chi connectivity index (χ0) is 15.4. The first-order valence-electron chi connectivity index (χ1n) is 7.26. The highest BCUT2D eigenvalue weighted by atomic mass is 32.2. The van der Waals surface area contributed by atoms with Crippen molar-refractivity contribution >= 4 is 10.2 Å². The van der Waals surface area contributed by atoms with Crippen LogP contribution < -0.4 is 4.72 Å². The Morgan fingerprint density at radius 3 is 2.64 bits per heavy atom. The molecule has 1 N–H and O–H groups in total. The Kier molecular flexibility index (Phi) is 4.47. The molecule has 0 radical (unpaired) electrons. The van der Waals surface area contributed by atoms with E-state index in [4.69, 9.17) is 0 Å². The van der Waals surface area contributed by atoms with E-state index < -0.39 is 10.2 Å². The maximum Gasteiger partial charge on any atom is 0.279 e. The second-order valence-corrected chi connectivity index (χ2v) is 6.94. The van der Waals surface area contributed by atoms with Crippen LogP contribution in [-0.2, 0) is 16.8 Å². The quantitative estimate of drug-likeness (QED) is 0.908. The molecule has 6 nitrogen and oxygen atoms in total. The van der Waals surface area contributed by atoms with Gasteiger partial charge < -0.3 is 0 Å². The molecule has 0 aromatic carbocycles. The van der Waals surface area contributed by atoms with Crippen LogP contribution in [0.2, 0.25) is 0 Å². The van der Waals surface area contributed by atoms with Crippen molar-refractivity contribution in [2.24, 2.45) is 0 Å². The fraction of sp³-hybridized carbons (Fsp3) is 0.333. The summed E-state index contributed by atoms with van der Waals surface area (Å²) in [4.78, 5) is 8.45. The van der Waals surface area contributed by atoms with E-state index in [0.717, 1.165) is 29.7 Å². The molecule has 0 amide bonds. The Labute approximate surface area is 130 Å². The van der Waals surface area contributed by atoms with E-state index >= 15 is 0 Å². The predicted octanol–water partition coefficient (Wildman–Crippen LogP) is 1.57. The summed E-state index contributed by atoms with van der Waals surface area (Å²) in [5, 5.41) is 0. The van der Waals surface area contributed by atoms with Crippen LogP contribution in [-0.4, -0.2) is 35.8 Å². The monoisotopic (exact) mass is 318 g/mol. The van der Waals surface area contributed by atoms with E-state index in [2.05, 4.69) is 14.7 Å². The van der Waals surface area contributed by atoms with Gasteiger partial charge in [0, 0.05) is 43.8 Å². The average Bonchev–Trinajstić information content (AvgIpc) is 3.10. The third kappa shape index (κ3) is 3.32. The van der Waals surface area contributed by atoms with Gasteiger partial charge in [-0.15, -0.1) is 0 Å². The van der Waals surface area contributed by atoms with E-state index in [1.54, 1.807) is 24.7 Å². The van der Waals surface area contributed by atoms with Crippen LogP contribution in [0.25, 0.3) is 11.3 Å². The first kappa shape index (κ1) is 15.1. The number of aromatic nitrogens is 2. The maximum atomic E-state index is 12.2. The molecule has 116 valence electrons. The first-order valence-corrected chi connectivity index (χ1v) is 8.70. The topological polar surface area (TPSA) is 75.2 Å².